The normalized spacial score (nSPS) is 11.9. The predicted octanol–water partition coefficient (Wildman–Crippen LogP) is 4.63. The summed E-state index contributed by atoms with van der Waals surface area (Å²) in [7, 11) is 0. The lowest BCUT2D eigenvalue weighted by atomic mass is 10.1. The fourth-order valence-electron chi connectivity index (χ4n) is 2.92. The largest absolute Gasteiger partial charge is 0.352 e. The molecule has 4 nitrogen and oxygen atoms in total. The van der Waals surface area contributed by atoms with E-state index in [1.807, 2.05) is 45.0 Å². The highest BCUT2D eigenvalue weighted by Gasteiger charge is 2.26. The zero-order valence-corrected chi connectivity index (χ0v) is 18.6. The Labute approximate surface area is 176 Å². The van der Waals surface area contributed by atoms with Gasteiger partial charge in [0.2, 0.25) is 11.8 Å². The van der Waals surface area contributed by atoms with E-state index in [-0.39, 0.29) is 17.9 Å². The van der Waals surface area contributed by atoms with E-state index in [1.54, 1.807) is 11.8 Å². The maximum Gasteiger partial charge on any atom is 0.242 e. The van der Waals surface area contributed by atoms with Crippen LogP contribution in [0.4, 0.5) is 0 Å². The third-order valence-electron chi connectivity index (χ3n) is 4.61. The average Bonchev–Trinajstić information content (AvgIpc) is 2.65. The number of carbonyl (C=O) groups is 2. The molecule has 0 saturated heterocycles. The number of rotatable bonds is 8. The van der Waals surface area contributed by atoms with Crippen LogP contribution in [0, 0.1) is 6.92 Å². The lowest BCUT2D eigenvalue weighted by Gasteiger charge is -2.29. The van der Waals surface area contributed by atoms with Crippen LogP contribution in [0.2, 0.25) is 0 Å². The highest BCUT2D eigenvalue weighted by molar-refractivity contribution is 9.10. The molecule has 0 aliphatic heterocycles. The summed E-state index contributed by atoms with van der Waals surface area (Å²) in [4.78, 5) is 27.2. The zero-order chi connectivity index (χ0) is 20.7. The molecule has 2 rings (SSSR count). The van der Waals surface area contributed by atoms with Crippen LogP contribution >= 0.6 is 15.9 Å². The third-order valence-corrected chi connectivity index (χ3v) is 5.14. The Morgan fingerprint density at radius 3 is 2.11 bits per heavy atom. The van der Waals surface area contributed by atoms with Crippen molar-refractivity contribution in [1.82, 2.24) is 10.2 Å². The Bertz CT molecular complexity index is 785. The van der Waals surface area contributed by atoms with Crippen molar-refractivity contribution in [2.75, 3.05) is 0 Å². The first-order valence-electron chi connectivity index (χ1n) is 9.66. The van der Waals surface area contributed by atoms with E-state index in [4.69, 9.17) is 0 Å². The molecule has 0 heterocycles. The molecule has 0 unspecified atom stereocenters. The Morgan fingerprint density at radius 1 is 0.964 bits per heavy atom. The minimum absolute atomic E-state index is 0.0186. The van der Waals surface area contributed by atoms with Crippen LogP contribution in [-0.4, -0.2) is 28.8 Å². The van der Waals surface area contributed by atoms with Crippen LogP contribution in [-0.2, 0) is 22.6 Å². The van der Waals surface area contributed by atoms with Gasteiger partial charge in [-0.3, -0.25) is 9.59 Å². The van der Waals surface area contributed by atoms with Gasteiger partial charge in [-0.25, -0.2) is 0 Å². The van der Waals surface area contributed by atoms with Crippen molar-refractivity contribution in [1.29, 1.82) is 0 Å². The highest BCUT2D eigenvalue weighted by Crippen LogP contribution is 2.16. The third kappa shape index (κ3) is 6.79. The molecule has 2 aromatic rings. The number of benzene rings is 2. The summed E-state index contributed by atoms with van der Waals surface area (Å²) in [6.45, 7) is 8.09. The number of halogens is 1. The van der Waals surface area contributed by atoms with Crippen molar-refractivity contribution >= 4 is 27.7 Å². The topological polar surface area (TPSA) is 49.4 Å². The van der Waals surface area contributed by atoms with Crippen LogP contribution in [0.1, 0.15) is 43.9 Å². The van der Waals surface area contributed by atoms with E-state index in [9.17, 15) is 9.59 Å². The van der Waals surface area contributed by atoms with E-state index >= 15 is 0 Å². The summed E-state index contributed by atoms with van der Waals surface area (Å²) in [5.74, 6) is -0.148. The summed E-state index contributed by atoms with van der Waals surface area (Å²) in [6, 6.07) is 15.5. The van der Waals surface area contributed by atoms with Crippen molar-refractivity contribution < 1.29 is 9.59 Å². The Balaban J connectivity index is 2.12. The maximum absolute atomic E-state index is 13.0. The molecular weight excluding hydrogens is 416 g/mol. The molecule has 150 valence electrons. The first kappa shape index (κ1) is 22.2. The number of nitrogens with one attached hydrogen (secondary N) is 1. The van der Waals surface area contributed by atoms with E-state index in [1.165, 1.54) is 5.56 Å². The lowest BCUT2D eigenvalue weighted by molar-refractivity contribution is -0.140. The molecule has 1 N–H and O–H groups in total. The number of nitrogens with zero attached hydrogens (tertiary/aromatic N) is 1. The fourth-order valence-corrected chi connectivity index (χ4v) is 3.19. The number of aryl methyl sites for hydroxylation is 2. The van der Waals surface area contributed by atoms with Crippen molar-refractivity contribution in [2.45, 2.75) is 59.2 Å². The summed E-state index contributed by atoms with van der Waals surface area (Å²) in [5, 5.41) is 2.91. The van der Waals surface area contributed by atoms with Gasteiger partial charge in [0.15, 0.2) is 0 Å². The first-order chi connectivity index (χ1) is 13.3. The zero-order valence-electron chi connectivity index (χ0n) is 17.0. The standard InChI is InChI=1S/C23H29BrN2O2/c1-16(2)25-23(28)18(4)26(15-20-9-12-21(24)13-10-20)22(27)14-11-19-7-5-17(3)6-8-19/h5-10,12-13,16,18H,11,14-15H2,1-4H3,(H,25,28)/t18-/m0/s1. The molecule has 0 saturated carbocycles. The second-order valence-corrected chi connectivity index (χ2v) is 8.39. The number of carbonyl (C=O) groups excluding carboxylic acids is 2. The van der Waals surface area contributed by atoms with E-state index in [0.29, 0.717) is 19.4 Å². The monoisotopic (exact) mass is 444 g/mol. The van der Waals surface area contributed by atoms with Gasteiger partial charge >= 0.3 is 0 Å². The van der Waals surface area contributed by atoms with Crippen LogP contribution in [0.5, 0.6) is 0 Å². The molecule has 0 aliphatic rings. The summed E-state index contributed by atoms with van der Waals surface area (Å²) in [5.41, 5.74) is 3.32. The minimum Gasteiger partial charge on any atom is -0.352 e. The Morgan fingerprint density at radius 2 is 1.54 bits per heavy atom. The van der Waals surface area contributed by atoms with Crippen LogP contribution in [0.25, 0.3) is 0 Å². The van der Waals surface area contributed by atoms with Gasteiger partial charge in [-0.1, -0.05) is 57.9 Å². The molecule has 0 aliphatic carbocycles. The molecule has 0 bridgehead atoms. The van der Waals surface area contributed by atoms with Crippen LogP contribution in [0.3, 0.4) is 0 Å². The molecule has 2 aromatic carbocycles. The second-order valence-electron chi connectivity index (χ2n) is 7.47. The molecule has 5 heteroatoms. The average molecular weight is 445 g/mol. The summed E-state index contributed by atoms with van der Waals surface area (Å²) in [6.07, 6.45) is 1.04. The molecule has 1 atom stereocenters. The maximum atomic E-state index is 13.0. The summed E-state index contributed by atoms with van der Waals surface area (Å²) < 4.78 is 0.985. The number of hydrogen-bond acceptors (Lipinski definition) is 2. The van der Waals surface area contributed by atoms with Gasteiger partial charge in [-0.15, -0.1) is 0 Å². The van der Waals surface area contributed by atoms with Gasteiger partial charge in [-0.2, -0.15) is 0 Å². The first-order valence-corrected chi connectivity index (χ1v) is 10.5. The van der Waals surface area contributed by atoms with Crippen molar-refractivity contribution in [3.05, 3.63) is 69.7 Å². The van der Waals surface area contributed by atoms with E-state index in [0.717, 1.165) is 15.6 Å². The smallest absolute Gasteiger partial charge is 0.242 e. The number of amides is 2. The highest BCUT2D eigenvalue weighted by atomic mass is 79.9. The fraction of sp³-hybridized carbons (Fsp3) is 0.391. The number of hydrogen-bond donors (Lipinski definition) is 1. The van der Waals surface area contributed by atoms with Crippen molar-refractivity contribution in [3.63, 3.8) is 0 Å². The molecule has 0 aromatic heterocycles. The van der Waals surface area contributed by atoms with Gasteiger partial charge in [0.1, 0.15) is 6.04 Å². The van der Waals surface area contributed by atoms with Gasteiger partial charge in [0.25, 0.3) is 0 Å². The molecular formula is C23H29BrN2O2. The van der Waals surface area contributed by atoms with Gasteiger partial charge in [0.05, 0.1) is 0 Å². The Hall–Kier alpha value is -2.14. The van der Waals surface area contributed by atoms with Crippen LogP contribution in [0.15, 0.2) is 53.0 Å². The van der Waals surface area contributed by atoms with Crippen LogP contribution < -0.4 is 5.32 Å². The Kier molecular flexibility index (Phi) is 8.24. The van der Waals surface area contributed by atoms with E-state index < -0.39 is 6.04 Å². The SMILES string of the molecule is Cc1ccc(CCC(=O)N(Cc2ccc(Br)cc2)[C@@H](C)C(=O)NC(C)C)cc1. The van der Waals surface area contributed by atoms with Gasteiger partial charge in [0, 0.05) is 23.5 Å². The van der Waals surface area contributed by atoms with Gasteiger partial charge in [-0.05, 0) is 57.4 Å². The second kappa shape index (κ2) is 10.4. The van der Waals surface area contributed by atoms with Crippen molar-refractivity contribution in [2.24, 2.45) is 0 Å². The van der Waals surface area contributed by atoms with E-state index in [2.05, 4.69) is 45.5 Å². The summed E-state index contributed by atoms with van der Waals surface area (Å²) >= 11 is 3.43. The van der Waals surface area contributed by atoms with Gasteiger partial charge < -0.3 is 10.2 Å². The lowest BCUT2D eigenvalue weighted by Crippen LogP contribution is -2.49. The molecule has 28 heavy (non-hydrogen) atoms. The predicted molar refractivity (Wildman–Crippen MR) is 117 cm³/mol. The quantitative estimate of drug-likeness (QED) is 0.644. The van der Waals surface area contributed by atoms with Crippen molar-refractivity contribution in [3.8, 4) is 0 Å². The molecule has 0 fully saturated rings. The molecule has 0 spiro atoms. The molecule has 2 amide bonds. The molecule has 0 radical (unpaired) electrons. The minimum atomic E-state index is -0.531.